The predicted octanol–water partition coefficient (Wildman–Crippen LogP) is 3.42. The number of hydrogen-bond acceptors (Lipinski definition) is 3. The first-order valence-electron chi connectivity index (χ1n) is 7.45. The van der Waals surface area contributed by atoms with Crippen molar-refractivity contribution < 1.29 is 4.74 Å². The molecular weight excluding hydrogens is 262 g/mol. The molecule has 1 aromatic heterocycles. The standard InChI is InChI=1S/C17H25N3O/c1-6-14(18)10-15-13(4)19-20(5)17(15)21-16-8-7-11(2)9-12(16)3/h7-9,14H,6,10,18H2,1-5H3. The Morgan fingerprint density at radius 2 is 2.00 bits per heavy atom. The van der Waals surface area contributed by atoms with E-state index in [-0.39, 0.29) is 6.04 Å². The number of aryl methyl sites for hydroxylation is 4. The number of nitrogens with zero attached hydrogens (tertiary/aromatic N) is 2. The normalized spacial score (nSPS) is 12.5. The van der Waals surface area contributed by atoms with Crippen LogP contribution in [0, 0.1) is 20.8 Å². The van der Waals surface area contributed by atoms with Gasteiger partial charge in [-0.05, 0) is 45.2 Å². The minimum Gasteiger partial charge on any atom is -0.439 e. The van der Waals surface area contributed by atoms with Crippen LogP contribution in [-0.2, 0) is 13.5 Å². The molecule has 0 saturated heterocycles. The molecule has 114 valence electrons. The topological polar surface area (TPSA) is 53.1 Å². The third-order valence-electron chi connectivity index (χ3n) is 3.82. The zero-order valence-corrected chi connectivity index (χ0v) is 13.6. The van der Waals surface area contributed by atoms with Crippen LogP contribution in [0.15, 0.2) is 18.2 Å². The summed E-state index contributed by atoms with van der Waals surface area (Å²) in [7, 11) is 1.91. The number of hydrogen-bond donors (Lipinski definition) is 1. The second-order valence-corrected chi connectivity index (χ2v) is 5.74. The monoisotopic (exact) mass is 287 g/mol. The Morgan fingerprint density at radius 3 is 2.62 bits per heavy atom. The summed E-state index contributed by atoms with van der Waals surface area (Å²) in [6.07, 6.45) is 1.73. The Balaban J connectivity index is 2.34. The lowest BCUT2D eigenvalue weighted by molar-refractivity contribution is 0.421. The maximum absolute atomic E-state index is 6.14. The quantitative estimate of drug-likeness (QED) is 0.916. The Kier molecular flexibility index (Phi) is 4.68. The number of rotatable bonds is 5. The van der Waals surface area contributed by atoms with Gasteiger partial charge in [0.05, 0.1) is 5.69 Å². The highest BCUT2D eigenvalue weighted by Gasteiger charge is 2.18. The zero-order valence-electron chi connectivity index (χ0n) is 13.6. The first-order valence-corrected chi connectivity index (χ1v) is 7.45. The highest BCUT2D eigenvalue weighted by atomic mass is 16.5. The molecule has 0 spiro atoms. The van der Waals surface area contributed by atoms with Gasteiger partial charge in [0.1, 0.15) is 5.75 Å². The molecule has 0 fully saturated rings. The summed E-state index contributed by atoms with van der Waals surface area (Å²) in [5.41, 5.74) is 10.5. The summed E-state index contributed by atoms with van der Waals surface area (Å²) in [4.78, 5) is 0. The number of aromatic nitrogens is 2. The third-order valence-corrected chi connectivity index (χ3v) is 3.82. The van der Waals surface area contributed by atoms with Crippen molar-refractivity contribution in [2.75, 3.05) is 0 Å². The molecule has 0 amide bonds. The highest BCUT2D eigenvalue weighted by Crippen LogP contribution is 2.30. The van der Waals surface area contributed by atoms with Crippen LogP contribution in [0.3, 0.4) is 0 Å². The summed E-state index contributed by atoms with van der Waals surface area (Å²) < 4.78 is 7.94. The number of ether oxygens (including phenoxy) is 1. The number of benzene rings is 1. The van der Waals surface area contributed by atoms with Crippen LogP contribution < -0.4 is 10.5 Å². The molecule has 2 N–H and O–H groups in total. The second-order valence-electron chi connectivity index (χ2n) is 5.74. The molecule has 0 saturated carbocycles. The summed E-state index contributed by atoms with van der Waals surface area (Å²) in [6.45, 7) is 8.24. The Morgan fingerprint density at radius 1 is 1.29 bits per heavy atom. The lowest BCUT2D eigenvalue weighted by Gasteiger charge is -2.13. The average molecular weight is 287 g/mol. The lowest BCUT2D eigenvalue weighted by Crippen LogP contribution is -2.21. The van der Waals surface area contributed by atoms with Gasteiger partial charge in [-0.1, -0.05) is 24.6 Å². The van der Waals surface area contributed by atoms with Crippen molar-refractivity contribution in [1.82, 2.24) is 9.78 Å². The molecule has 4 nitrogen and oxygen atoms in total. The second kappa shape index (κ2) is 6.31. The molecule has 0 bridgehead atoms. The fourth-order valence-electron chi connectivity index (χ4n) is 2.47. The van der Waals surface area contributed by atoms with Gasteiger partial charge in [-0.2, -0.15) is 5.10 Å². The van der Waals surface area contributed by atoms with Crippen LogP contribution in [0.1, 0.15) is 35.7 Å². The largest absolute Gasteiger partial charge is 0.439 e. The lowest BCUT2D eigenvalue weighted by atomic mass is 10.1. The van der Waals surface area contributed by atoms with Crippen LogP contribution in [-0.4, -0.2) is 15.8 Å². The molecule has 1 aromatic carbocycles. The predicted molar refractivity (Wildman–Crippen MR) is 85.9 cm³/mol. The molecule has 0 aliphatic rings. The van der Waals surface area contributed by atoms with E-state index in [0.29, 0.717) is 0 Å². The summed E-state index contributed by atoms with van der Waals surface area (Å²) in [5.74, 6) is 1.67. The van der Waals surface area contributed by atoms with E-state index >= 15 is 0 Å². The van der Waals surface area contributed by atoms with Crippen LogP contribution in [0.4, 0.5) is 0 Å². The maximum atomic E-state index is 6.14. The van der Waals surface area contributed by atoms with Gasteiger partial charge in [-0.3, -0.25) is 0 Å². The minimum absolute atomic E-state index is 0.134. The van der Waals surface area contributed by atoms with Crippen LogP contribution >= 0.6 is 0 Å². The van der Waals surface area contributed by atoms with Gasteiger partial charge in [0.2, 0.25) is 5.88 Å². The average Bonchev–Trinajstić information content (AvgIpc) is 2.68. The molecular formula is C17H25N3O. The van der Waals surface area contributed by atoms with Gasteiger partial charge >= 0.3 is 0 Å². The van der Waals surface area contributed by atoms with Crippen LogP contribution in [0.2, 0.25) is 0 Å². The Labute approximate surface area is 126 Å². The van der Waals surface area contributed by atoms with E-state index in [1.165, 1.54) is 5.56 Å². The van der Waals surface area contributed by atoms with Gasteiger partial charge in [-0.15, -0.1) is 0 Å². The molecule has 1 unspecified atom stereocenters. The van der Waals surface area contributed by atoms with Crippen molar-refractivity contribution in [3.05, 3.63) is 40.6 Å². The van der Waals surface area contributed by atoms with Gasteiger partial charge in [0, 0.05) is 18.7 Å². The molecule has 4 heteroatoms. The van der Waals surface area contributed by atoms with Gasteiger partial charge in [0.25, 0.3) is 0 Å². The van der Waals surface area contributed by atoms with E-state index in [2.05, 4.69) is 38.0 Å². The Bertz CT molecular complexity index is 631. The van der Waals surface area contributed by atoms with Crippen LogP contribution in [0.25, 0.3) is 0 Å². The SMILES string of the molecule is CCC(N)Cc1c(C)nn(C)c1Oc1ccc(C)cc1C. The van der Waals surface area contributed by atoms with E-state index < -0.39 is 0 Å². The van der Waals surface area contributed by atoms with Crippen molar-refractivity contribution in [3.8, 4) is 11.6 Å². The molecule has 0 aliphatic carbocycles. The van der Waals surface area contributed by atoms with Crippen molar-refractivity contribution in [1.29, 1.82) is 0 Å². The summed E-state index contributed by atoms with van der Waals surface area (Å²) in [6, 6.07) is 6.32. The zero-order chi connectivity index (χ0) is 15.6. The molecule has 1 heterocycles. The van der Waals surface area contributed by atoms with E-state index in [0.717, 1.165) is 41.3 Å². The molecule has 2 rings (SSSR count). The fraction of sp³-hybridized carbons (Fsp3) is 0.471. The van der Waals surface area contributed by atoms with E-state index in [1.54, 1.807) is 4.68 Å². The molecule has 2 aromatic rings. The van der Waals surface area contributed by atoms with E-state index in [1.807, 2.05) is 20.0 Å². The first kappa shape index (κ1) is 15.6. The van der Waals surface area contributed by atoms with Crippen molar-refractivity contribution in [2.45, 2.75) is 46.6 Å². The van der Waals surface area contributed by atoms with Crippen molar-refractivity contribution in [2.24, 2.45) is 12.8 Å². The molecule has 21 heavy (non-hydrogen) atoms. The van der Waals surface area contributed by atoms with Crippen LogP contribution in [0.5, 0.6) is 11.6 Å². The number of nitrogens with two attached hydrogens (primary N) is 1. The van der Waals surface area contributed by atoms with Gasteiger partial charge < -0.3 is 10.5 Å². The maximum Gasteiger partial charge on any atom is 0.221 e. The summed E-state index contributed by atoms with van der Waals surface area (Å²) in [5, 5.41) is 4.48. The summed E-state index contributed by atoms with van der Waals surface area (Å²) >= 11 is 0. The molecule has 0 radical (unpaired) electrons. The smallest absolute Gasteiger partial charge is 0.221 e. The van der Waals surface area contributed by atoms with Crippen molar-refractivity contribution >= 4 is 0 Å². The fourth-order valence-corrected chi connectivity index (χ4v) is 2.47. The van der Waals surface area contributed by atoms with Crippen molar-refractivity contribution in [3.63, 3.8) is 0 Å². The Hall–Kier alpha value is -1.81. The first-order chi connectivity index (χ1) is 9.92. The van der Waals surface area contributed by atoms with Gasteiger partial charge in [-0.25, -0.2) is 4.68 Å². The van der Waals surface area contributed by atoms with Gasteiger partial charge in [0.15, 0.2) is 0 Å². The third kappa shape index (κ3) is 3.45. The van der Waals surface area contributed by atoms with E-state index in [4.69, 9.17) is 10.5 Å². The minimum atomic E-state index is 0.134. The van der Waals surface area contributed by atoms with E-state index in [9.17, 15) is 0 Å². The highest BCUT2D eigenvalue weighted by molar-refractivity contribution is 5.41. The molecule has 0 aliphatic heterocycles. The molecule has 1 atom stereocenters.